The first-order valence-electron chi connectivity index (χ1n) is 4.05. The van der Waals surface area contributed by atoms with Crippen LogP contribution in [0, 0.1) is 0 Å². The molecule has 0 heterocycles. The van der Waals surface area contributed by atoms with Crippen LogP contribution in [-0.2, 0) is 4.74 Å². The Labute approximate surface area is 78.7 Å². The number of rotatable bonds is 4. The van der Waals surface area contributed by atoms with E-state index in [1.807, 2.05) is 30.3 Å². The molecule has 0 bridgehead atoms. The predicted octanol–water partition coefficient (Wildman–Crippen LogP) is 3.23. The van der Waals surface area contributed by atoms with Gasteiger partial charge in [-0.3, -0.25) is 0 Å². The Morgan fingerprint density at radius 3 is 2.54 bits per heavy atom. The highest BCUT2D eigenvalue weighted by Crippen LogP contribution is 2.17. The van der Waals surface area contributed by atoms with E-state index < -0.39 is 0 Å². The Balaban J connectivity index is 2.87. The van der Waals surface area contributed by atoms with E-state index in [-0.39, 0.29) is 6.10 Å². The first-order chi connectivity index (χ1) is 6.38. The molecule has 1 rings (SSSR count). The van der Waals surface area contributed by atoms with E-state index in [0.717, 1.165) is 5.56 Å². The van der Waals surface area contributed by atoms with Crippen molar-refractivity contribution in [2.75, 3.05) is 0 Å². The minimum Gasteiger partial charge on any atom is -0.489 e. The van der Waals surface area contributed by atoms with E-state index in [9.17, 15) is 0 Å². The molecular weight excluding hydrogens is 160 g/mol. The normalized spacial score (nSPS) is 11.1. The van der Waals surface area contributed by atoms with Crippen molar-refractivity contribution in [1.29, 1.82) is 0 Å². The van der Waals surface area contributed by atoms with Gasteiger partial charge in [0.15, 0.2) is 0 Å². The molecule has 1 atom stereocenters. The van der Waals surface area contributed by atoms with Gasteiger partial charge in [0.2, 0.25) is 0 Å². The molecule has 0 saturated carbocycles. The maximum Gasteiger partial charge on any atom is 0.148 e. The van der Waals surface area contributed by atoms with Crippen molar-refractivity contribution in [2.24, 2.45) is 0 Å². The Morgan fingerprint density at radius 1 is 1.31 bits per heavy atom. The number of benzene rings is 1. The van der Waals surface area contributed by atoms with Gasteiger partial charge in [0.05, 0.1) is 6.26 Å². The van der Waals surface area contributed by atoms with Gasteiger partial charge < -0.3 is 4.74 Å². The summed E-state index contributed by atoms with van der Waals surface area (Å²) in [5, 5.41) is 0. The molecule has 1 heteroatoms. The lowest BCUT2D eigenvalue weighted by Crippen LogP contribution is -1.95. The molecule has 0 aromatic heterocycles. The SMILES string of the molecule is C=C=CC(OC=C)c1ccccc1. The second kappa shape index (κ2) is 5.02. The molecule has 0 aliphatic heterocycles. The van der Waals surface area contributed by atoms with Gasteiger partial charge in [-0.15, -0.1) is 5.73 Å². The van der Waals surface area contributed by atoms with Gasteiger partial charge in [0, 0.05) is 6.08 Å². The van der Waals surface area contributed by atoms with Crippen molar-refractivity contribution in [2.45, 2.75) is 6.10 Å². The molecule has 66 valence electrons. The Morgan fingerprint density at radius 2 is 2.00 bits per heavy atom. The molecule has 0 aliphatic carbocycles. The molecule has 1 unspecified atom stereocenters. The first-order valence-corrected chi connectivity index (χ1v) is 4.05. The van der Waals surface area contributed by atoms with Crippen molar-refractivity contribution in [1.82, 2.24) is 0 Å². The highest BCUT2D eigenvalue weighted by Gasteiger charge is 2.04. The minimum absolute atomic E-state index is 0.129. The van der Waals surface area contributed by atoms with Crippen LogP contribution in [0.5, 0.6) is 0 Å². The summed E-state index contributed by atoms with van der Waals surface area (Å²) in [6, 6.07) is 9.87. The molecule has 0 saturated heterocycles. The molecular formula is C12H12O. The smallest absolute Gasteiger partial charge is 0.148 e. The van der Waals surface area contributed by atoms with Crippen LogP contribution in [0.4, 0.5) is 0 Å². The summed E-state index contributed by atoms with van der Waals surface area (Å²) in [5.41, 5.74) is 3.77. The summed E-state index contributed by atoms with van der Waals surface area (Å²) in [6.45, 7) is 7.03. The van der Waals surface area contributed by atoms with Crippen molar-refractivity contribution >= 4 is 0 Å². The maximum atomic E-state index is 5.27. The van der Waals surface area contributed by atoms with Crippen molar-refractivity contribution in [3.63, 3.8) is 0 Å². The van der Waals surface area contributed by atoms with E-state index >= 15 is 0 Å². The minimum atomic E-state index is -0.129. The van der Waals surface area contributed by atoms with Crippen molar-refractivity contribution in [3.8, 4) is 0 Å². The van der Waals surface area contributed by atoms with Gasteiger partial charge in [0.1, 0.15) is 6.10 Å². The third kappa shape index (κ3) is 2.66. The lowest BCUT2D eigenvalue weighted by Gasteiger charge is -2.11. The molecule has 1 aromatic rings. The topological polar surface area (TPSA) is 9.23 Å². The Bertz CT molecular complexity index is 307. The monoisotopic (exact) mass is 172 g/mol. The average Bonchev–Trinajstić information content (AvgIpc) is 2.19. The van der Waals surface area contributed by atoms with Crippen LogP contribution < -0.4 is 0 Å². The van der Waals surface area contributed by atoms with Crippen LogP contribution in [0.2, 0.25) is 0 Å². The zero-order chi connectivity index (χ0) is 9.52. The Kier molecular flexibility index (Phi) is 3.62. The highest BCUT2D eigenvalue weighted by molar-refractivity contribution is 5.21. The summed E-state index contributed by atoms with van der Waals surface area (Å²) in [5.74, 6) is 0. The fourth-order valence-corrected chi connectivity index (χ4v) is 1.07. The molecule has 0 aliphatic rings. The summed E-state index contributed by atoms with van der Waals surface area (Å²) < 4.78 is 5.27. The van der Waals surface area contributed by atoms with Gasteiger partial charge >= 0.3 is 0 Å². The highest BCUT2D eigenvalue weighted by atomic mass is 16.5. The van der Waals surface area contributed by atoms with Crippen LogP contribution >= 0.6 is 0 Å². The largest absolute Gasteiger partial charge is 0.489 e. The van der Waals surface area contributed by atoms with Gasteiger partial charge in [-0.2, -0.15) is 0 Å². The number of ether oxygens (including phenoxy) is 1. The third-order valence-electron chi connectivity index (χ3n) is 1.64. The van der Waals surface area contributed by atoms with E-state index in [4.69, 9.17) is 4.74 Å². The lowest BCUT2D eigenvalue weighted by atomic mass is 10.1. The van der Waals surface area contributed by atoms with E-state index in [1.165, 1.54) is 6.26 Å². The van der Waals surface area contributed by atoms with Gasteiger partial charge in [-0.05, 0) is 5.56 Å². The van der Waals surface area contributed by atoms with Crippen LogP contribution in [0.1, 0.15) is 11.7 Å². The van der Waals surface area contributed by atoms with Crippen molar-refractivity contribution < 1.29 is 4.74 Å². The average molecular weight is 172 g/mol. The standard InChI is InChI=1S/C12H12O/c1-3-8-12(13-4-2)11-9-6-5-7-10-11/h4-10,12H,1-2H2. The Hall–Kier alpha value is -1.72. The first kappa shape index (κ1) is 9.37. The summed E-state index contributed by atoms with van der Waals surface area (Å²) in [6.07, 6.45) is 3.05. The number of hydrogen-bond acceptors (Lipinski definition) is 1. The van der Waals surface area contributed by atoms with Crippen LogP contribution in [0.15, 0.2) is 61.6 Å². The van der Waals surface area contributed by atoms with Crippen molar-refractivity contribution in [3.05, 3.63) is 67.1 Å². The van der Waals surface area contributed by atoms with Crippen LogP contribution in [0.3, 0.4) is 0 Å². The van der Waals surface area contributed by atoms with E-state index in [2.05, 4.69) is 18.9 Å². The predicted molar refractivity (Wildman–Crippen MR) is 54.2 cm³/mol. The molecule has 0 fully saturated rings. The molecule has 0 amide bonds. The quantitative estimate of drug-likeness (QED) is 0.500. The molecule has 1 nitrogen and oxygen atoms in total. The summed E-state index contributed by atoms with van der Waals surface area (Å²) in [7, 11) is 0. The number of hydrogen-bond donors (Lipinski definition) is 0. The second-order valence-electron chi connectivity index (χ2n) is 2.50. The maximum absolute atomic E-state index is 5.27. The fourth-order valence-electron chi connectivity index (χ4n) is 1.07. The molecule has 1 aromatic carbocycles. The van der Waals surface area contributed by atoms with Crippen LogP contribution in [-0.4, -0.2) is 0 Å². The molecule has 13 heavy (non-hydrogen) atoms. The van der Waals surface area contributed by atoms with E-state index in [1.54, 1.807) is 6.08 Å². The van der Waals surface area contributed by atoms with Gasteiger partial charge in [0.25, 0.3) is 0 Å². The second-order valence-corrected chi connectivity index (χ2v) is 2.50. The van der Waals surface area contributed by atoms with Crippen LogP contribution in [0.25, 0.3) is 0 Å². The van der Waals surface area contributed by atoms with E-state index in [0.29, 0.717) is 0 Å². The fraction of sp³-hybridized carbons (Fsp3) is 0.0833. The molecule has 0 spiro atoms. The third-order valence-corrected chi connectivity index (χ3v) is 1.64. The van der Waals surface area contributed by atoms with Gasteiger partial charge in [-0.25, -0.2) is 0 Å². The summed E-state index contributed by atoms with van der Waals surface area (Å²) >= 11 is 0. The van der Waals surface area contributed by atoms with Gasteiger partial charge in [-0.1, -0.05) is 43.5 Å². The lowest BCUT2D eigenvalue weighted by molar-refractivity contribution is 0.191. The zero-order valence-electron chi connectivity index (χ0n) is 7.44. The molecule has 0 N–H and O–H groups in total. The summed E-state index contributed by atoms with van der Waals surface area (Å²) in [4.78, 5) is 0. The zero-order valence-corrected chi connectivity index (χ0v) is 7.44. The molecule has 0 radical (unpaired) electrons.